The zero-order chi connectivity index (χ0) is 31.2. The summed E-state index contributed by atoms with van der Waals surface area (Å²) in [5, 5.41) is 2.05. The zero-order valence-electron chi connectivity index (χ0n) is 25.8. The smallest absolute Gasteiger partial charge is 0.164 e. The third-order valence-electron chi connectivity index (χ3n) is 9.30. The van der Waals surface area contributed by atoms with E-state index in [4.69, 9.17) is 19.4 Å². The van der Waals surface area contributed by atoms with Gasteiger partial charge >= 0.3 is 0 Å². The van der Waals surface area contributed by atoms with Gasteiger partial charge in [-0.2, -0.15) is 0 Å². The van der Waals surface area contributed by atoms with Crippen molar-refractivity contribution in [2.45, 2.75) is 12.8 Å². The average Bonchev–Trinajstić information content (AvgIpc) is 3.53. The standard InChI is InChI=1S/C43H31N3O/c1-3-10-28(11-4-1)35-24-25-36-39(27-35)47-38-17-9-16-37(40(36)38)43-45-41(31-13-5-2-6-14-31)44-42(46-43)32-21-18-30(19-22-32)34-23-20-29-12-7-8-15-33(29)26-34/h1,3-5,7-27,29,33H,2,6H2. The van der Waals surface area contributed by atoms with Gasteiger partial charge in [0.25, 0.3) is 0 Å². The van der Waals surface area contributed by atoms with Gasteiger partial charge in [0.1, 0.15) is 11.2 Å². The third kappa shape index (κ3) is 5.08. The molecule has 2 aromatic heterocycles. The number of nitrogens with zero attached hydrogens (tertiary/aromatic N) is 3. The summed E-state index contributed by atoms with van der Waals surface area (Å²) in [4.78, 5) is 15.2. The van der Waals surface area contributed by atoms with Gasteiger partial charge < -0.3 is 4.42 Å². The molecule has 2 unspecified atom stereocenters. The van der Waals surface area contributed by atoms with Crippen LogP contribution in [0.4, 0.5) is 0 Å². The van der Waals surface area contributed by atoms with Gasteiger partial charge in [-0.25, -0.2) is 15.0 Å². The molecule has 6 aromatic rings. The van der Waals surface area contributed by atoms with Crippen molar-refractivity contribution in [2.75, 3.05) is 0 Å². The first-order valence-electron chi connectivity index (χ1n) is 16.3. The van der Waals surface area contributed by atoms with Crippen LogP contribution in [0, 0.1) is 11.8 Å². The van der Waals surface area contributed by atoms with E-state index in [0.717, 1.165) is 62.6 Å². The Morgan fingerprint density at radius 2 is 1.34 bits per heavy atom. The summed E-state index contributed by atoms with van der Waals surface area (Å²) in [5.74, 6) is 2.81. The van der Waals surface area contributed by atoms with Crippen LogP contribution in [-0.2, 0) is 0 Å². The molecule has 4 aromatic carbocycles. The summed E-state index contributed by atoms with van der Waals surface area (Å²) < 4.78 is 6.43. The summed E-state index contributed by atoms with van der Waals surface area (Å²) in [6.07, 6.45) is 24.2. The first-order valence-corrected chi connectivity index (χ1v) is 16.3. The van der Waals surface area contributed by atoms with E-state index in [1.165, 1.54) is 11.1 Å². The van der Waals surface area contributed by atoms with Gasteiger partial charge in [-0.05, 0) is 53.3 Å². The van der Waals surface area contributed by atoms with Crippen molar-refractivity contribution in [1.82, 2.24) is 15.0 Å². The molecule has 0 amide bonds. The van der Waals surface area contributed by atoms with E-state index in [1.807, 2.05) is 18.2 Å². The van der Waals surface area contributed by atoms with Crippen LogP contribution in [0.3, 0.4) is 0 Å². The Labute approximate surface area is 273 Å². The average molecular weight is 606 g/mol. The maximum Gasteiger partial charge on any atom is 0.164 e. The Hall–Kier alpha value is -5.87. The van der Waals surface area contributed by atoms with E-state index >= 15 is 0 Å². The lowest BCUT2D eigenvalue weighted by atomic mass is 9.81. The van der Waals surface area contributed by atoms with E-state index < -0.39 is 0 Å². The van der Waals surface area contributed by atoms with Crippen molar-refractivity contribution in [3.8, 4) is 33.9 Å². The maximum atomic E-state index is 6.43. The highest BCUT2D eigenvalue weighted by Crippen LogP contribution is 2.38. The van der Waals surface area contributed by atoms with E-state index in [0.29, 0.717) is 29.3 Å². The van der Waals surface area contributed by atoms with Crippen LogP contribution in [0.15, 0.2) is 156 Å². The second-order valence-electron chi connectivity index (χ2n) is 12.3. The molecule has 0 fully saturated rings. The molecule has 0 saturated heterocycles. The second-order valence-corrected chi connectivity index (χ2v) is 12.3. The fourth-order valence-corrected chi connectivity index (χ4v) is 6.84. The molecule has 47 heavy (non-hydrogen) atoms. The molecule has 0 spiro atoms. The van der Waals surface area contributed by atoms with Gasteiger partial charge in [-0.3, -0.25) is 0 Å². The van der Waals surface area contributed by atoms with Crippen molar-refractivity contribution in [1.29, 1.82) is 0 Å². The van der Waals surface area contributed by atoms with Gasteiger partial charge in [0.15, 0.2) is 17.5 Å². The minimum atomic E-state index is 0.400. The number of furan rings is 1. The molecular weight excluding hydrogens is 574 g/mol. The SMILES string of the molecule is C1=CC2C=CC(c3ccc(-c4nc(C5=CCCC=C5)nc(-c5cccc6oc7cc(-c8ccccc8)ccc7c56)n4)cc3)=CC2C=C1. The van der Waals surface area contributed by atoms with E-state index in [-0.39, 0.29) is 0 Å². The van der Waals surface area contributed by atoms with Crippen LogP contribution in [0.2, 0.25) is 0 Å². The summed E-state index contributed by atoms with van der Waals surface area (Å²) >= 11 is 0. The molecule has 4 nitrogen and oxygen atoms in total. The predicted octanol–water partition coefficient (Wildman–Crippen LogP) is 10.8. The number of hydrogen-bond acceptors (Lipinski definition) is 4. The van der Waals surface area contributed by atoms with E-state index in [1.54, 1.807) is 0 Å². The number of hydrogen-bond donors (Lipinski definition) is 0. The van der Waals surface area contributed by atoms with Gasteiger partial charge in [0.05, 0.1) is 0 Å². The molecule has 9 rings (SSSR count). The highest BCUT2D eigenvalue weighted by molar-refractivity contribution is 6.12. The number of aromatic nitrogens is 3. The van der Waals surface area contributed by atoms with Crippen LogP contribution in [0.1, 0.15) is 24.2 Å². The van der Waals surface area contributed by atoms with E-state index in [9.17, 15) is 0 Å². The summed E-state index contributed by atoms with van der Waals surface area (Å²) in [7, 11) is 0. The first-order chi connectivity index (χ1) is 23.3. The Morgan fingerprint density at radius 3 is 2.19 bits per heavy atom. The molecule has 0 radical (unpaired) electrons. The molecule has 0 N–H and O–H groups in total. The van der Waals surface area contributed by atoms with Crippen molar-refractivity contribution in [3.63, 3.8) is 0 Å². The summed E-state index contributed by atoms with van der Waals surface area (Å²) in [6, 6.07) is 31.5. The highest BCUT2D eigenvalue weighted by Gasteiger charge is 2.20. The monoisotopic (exact) mass is 605 g/mol. The molecule has 4 heteroatoms. The van der Waals surface area contributed by atoms with Crippen LogP contribution in [0.5, 0.6) is 0 Å². The molecule has 224 valence electrons. The van der Waals surface area contributed by atoms with Crippen molar-refractivity contribution < 1.29 is 4.42 Å². The van der Waals surface area contributed by atoms with Gasteiger partial charge in [0.2, 0.25) is 0 Å². The molecular formula is C43H31N3O. The fraction of sp³-hybridized carbons (Fsp3) is 0.0930. The minimum absolute atomic E-state index is 0.400. The topological polar surface area (TPSA) is 51.8 Å². The van der Waals surface area contributed by atoms with Crippen molar-refractivity contribution >= 4 is 33.1 Å². The lowest BCUT2D eigenvalue weighted by molar-refractivity contribution is 0.663. The van der Waals surface area contributed by atoms with E-state index in [2.05, 4.69) is 134 Å². The molecule has 0 bridgehead atoms. The molecule has 0 aliphatic heterocycles. The molecule has 2 heterocycles. The lowest BCUT2D eigenvalue weighted by Gasteiger charge is -2.23. The number of rotatable bonds is 5. The number of benzene rings is 4. The Kier molecular flexibility index (Phi) is 6.71. The minimum Gasteiger partial charge on any atom is -0.456 e. The fourth-order valence-electron chi connectivity index (χ4n) is 6.84. The summed E-state index contributed by atoms with van der Waals surface area (Å²) in [5.41, 5.74) is 9.26. The Bertz CT molecular complexity index is 2350. The number of allylic oxidation sites excluding steroid dienone is 12. The Morgan fingerprint density at radius 1 is 0.553 bits per heavy atom. The lowest BCUT2D eigenvalue weighted by Crippen LogP contribution is -2.11. The van der Waals surface area contributed by atoms with Crippen LogP contribution in [-0.4, -0.2) is 15.0 Å². The van der Waals surface area contributed by atoms with Crippen LogP contribution < -0.4 is 0 Å². The van der Waals surface area contributed by atoms with Crippen molar-refractivity contribution in [3.05, 3.63) is 163 Å². The summed E-state index contributed by atoms with van der Waals surface area (Å²) in [6.45, 7) is 0. The maximum absolute atomic E-state index is 6.43. The molecule has 2 atom stereocenters. The molecule has 3 aliphatic carbocycles. The largest absolute Gasteiger partial charge is 0.456 e. The molecule has 3 aliphatic rings. The third-order valence-corrected chi connectivity index (χ3v) is 9.30. The normalized spacial score (nSPS) is 18.4. The van der Waals surface area contributed by atoms with Crippen LogP contribution in [0.25, 0.3) is 67.0 Å². The van der Waals surface area contributed by atoms with Gasteiger partial charge in [0, 0.05) is 39.3 Å². The quantitative estimate of drug-likeness (QED) is 0.196. The number of fused-ring (bicyclic) bond motifs is 4. The highest BCUT2D eigenvalue weighted by atomic mass is 16.3. The van der Waals surface area contributed by atoms with Gasteiger partial charge in [-0.1, -0.05) is 134 Å². The molecule has 0 saturated carbocycles. The second kappa shape index (κ2) is 11.5. The first kappa shape index (κ1) is 27.4. The van der Waals surface area contributed by atoms with Crippen LogP contribution >= 0.6 is 0 Å². The predicted molar refractivity (Wildman–Crippen MR) is 192 cm³/mol. The Balaban J connectivity index is 1.15. The van der Waals surface area contributed by atoms with Crippen molar-refractivity contribution in [2.24, 2.45) is 11.8 Å². The van der Waals surface area contributed by atoms with Gasteiger partial charge in [-0.15, -0.1) is 0 Å². The zero-order valence-corrected chi connectivity index (χ0v) is 25.8.